The van der Waals surface area contributed by atoms with Crippen LogP contribution in [0.2, 0.25) is 0 Å². The van der Waals surface area contributed by atoms with Gasteiger partial charge in [-0.1, -0.05) is 11.8 Å². The van der Waals surface area contributed by atoms with Gasteiger partial charge in [0.05, 0.1) is 6.10 Å². The number of rotatable bonds is 4. The van der Waals surface area contributed by atoms with E-state index in [1.54, 1.807) is 18.7 Å². The second-order valence-electron chi connectivity index (χ2n) is 2.69. The largest absolute Gasteiger partial charge is 0.393 e. The normalized spacial score (nSPS) is 13.2. The number of aryl methyl sites for hydroxylation is 1. The average Bonchev–Trinajstić information content (AvgIpc) is 2.35. The Labute approximate surface area is 75.8 Å². The molecule has 0 bridgehead atoms. The predicted octanol–water partition coefficient (Wildman–Crippen LogP) is 0.976. The third kappa shape index (κ3) is 3.23. The molecule has 1 atom stereocenters. The lowest BCUT2D eigenvalue weighted by Gasteiger charge is -1.99. The zero-order chi connectivity index (χ0) is 8.97. The van der Waals surface area contributed by atoms with Crippen LogP contribution in [0.4, 0.5) is 0 Å². The van der Waals surface area contributed by atoms with Crippen LogP contribution in [0.5, 0.6) is 0 Å². The Balaban J connectivity index is 2.24. The Bertz CT molecular complexity index is 236. The molecule has 2 N–H and O–H groups in total. The number of hydrogen-bond acceptors (Lipinski definition) is 4. The number of aliphatic hydroxyl groups is 1. The minimum absolute atomic E-state index is 0.238. The number of H-pyrrole nitrogens is 1. The molecule has 12 heavy (non-hydrogen) atoms. The quantitative estimate of drug-likeness (QED) is 0.690. The summed E-state index contributed by atoms with van der Waals surface area (Å²) in [6.07, 6.45) is 0.538. The summed E-state index contributed by atoms with van der Waals surface area (Å²) in [6.45, 7) is 3.65. The van der Waals surface area contributed by atoms with Gasteiger partial charge in [0, 0.05) is 5.75 Å². The first-order valence-electron chi connectivity index (χ1n) is 3.88. The van der Waals surface area contributed by atoms with Gasteiger partial charge in [-0.15, -0.1) is 5.10 Å². The second-order valence-corrected chi connectivity index (χ2v) is 3.75. The fraction of sp³-hybridized carbons (Fsp3) is 0.714. The van der Waals surface area contributed by atoms with Crippen molar-refractivity contribution in [3.63, 3.8) is 0 Å². The number of aromatic nitrogens is 3. The molecule has 5 heteroatoms. The van der Waals surface area contributed by atoms with Crippen molar-refractivity contribution < 1.29 is 5.11 Å². The Morgan fingerprint density at radius 2 is 2.42 bits per heavy atom. The summed E-state index contributed by atoms with van der Waals surface area (Å²) in [7, 11) is 0. The van der Waals surface area contributed by atoms with E-state index in [1.165, 1.54) is 0 Å². The molecule has 0 amide bonds. The van der Waals surface area contributed by atoms with E-state index >= 15 is 0 Å². The molecule has 0 fully saturated rings. The van der Waals surface area contributed by atoms with Crippen LogP contribution in [0.15, 0.2) is 5.16 Å². The highest BCUT2D eigenvalue weighted by molar-refractivity contribution is 7.99. The third-order valence-corrected chi connectivity index (χ3v) is 2.22. The molecule has 0 saturated heterocycles. The number of nitrogens with one attached hydrogen (secondary N) is 1. The van der Waals surface area contributed by atoms with Crippen LogP contribution in [-0.4, -0.2) is 32.1 Å². The van der Waals surface area contributed by atoms with Crippen molar-refractivity contribution in [2.75, 3.05) is 5.75 Å². The molecule has 0 radical (unpaired) electrons. The Morgan fingerprint density at radius 1 is 1.67 bits per heavy atom. The van der Waals surface area contributed by atoms with Gasteiger partial charge < -0.3 is 5.11 Å². The summed E-state index contributed by atoms with van der Waals surface area (Å²) in [5.74, 6) is 1.68. The predicted molar refractivity (Wildman–Crippen MR) is 48.1 cm³/mol. The lowest BCUT2D eigenvalue weighted by molar-refractivity contribution is 0.192. The minimum Gasteiger partial charge on any atom is -0.393 e. The standard InChI is InChI=1S/C7H13N3OS/c1-5(11)3-4-12-7-8-6(2)9-10-7/h5,11H,3-4H2,1-2H3,(H,8,9,10). The zero-order valence-corrected chi connectivity index (χ0v) is 8.06. The molecule has 1 aromatic heterocycles. The zero-order valence-electron chi connectivity index (χ0n) is 7.24. The van der Waals surface area contributed by atoms with Crippen LogP contribution in [0.1, 0.15) is 19.2 Å². The maximum absolute atomic E-state index is 8.97. The number of hydrogen-bond donors (Lipinski definition) is 2. The summed E-state index contributed by atoms with van der Waals surface area (Å²) >= 11 is 1.56. The third-order valence-electron chi connectivity index (χ3n) is 1.34. The second kappa shape index (κ2) is 4.47. The molecule has 0 saturated carbocycles. The van der Waals surface area contributed by atoms with Gasteiger partial charge in [-0.3, -0.25) is 5.10 Å². The molecule has 68 valence electrons. The van der Waals surface area contributed by atoms with Gasteiger partial charge in [0.15, 0.2) is 0 Å². The molecule has 1 unspecified atom stereocenters. The van der Waals surface area contributed by atoms with Crippen molar-refractivity contribution in [3.8, 4) is 0 Å². The van der Waals surface area contributed by atoms with E-state index in [2.05, 4.69) is 15.2 Å². The lowest BCUT2D eigenvalue weighted by atomic mass is 10.3. The van der Waals surface area contributed by atoms with E-state index in [0.717, 1.165) is 23.2 Å². The van der Waals surface area contributed by atoms with E-state index < -0.39 is 0 Å². The van der Waals surface area contributed by atoms with E-state index in [1.807, 2.05) is 6.92 Å². The van der Waals surface area contributed by atoms with Gasteiger partial charge in [0.1, 0.15) is 5.82 Å². The van der Waals surface area contributed by atoms with Crippen LogP contribution < -0.4 is 0 Å². The van der Waals surface area contributed by atoms with Crippen LogP contribution in [0, 0.1) is 6.92 Å². The highest BCUT2D eigenvalue weighted by atomic mass is 32.2. The molecular formula is C7H13N3OS. The topological polar surface area (TPSA) is 61.8 Å². The van der Waals surface area contributed by atoms with Crippen LogP contribution in [-0.2, 0) is 0 Å². The SMILES string of the molecule is Cc1nc(SCCC(C)O)n[nH]1. The first-order chi connectivity index (χ1) is 5.68. The van der Waals surface area contributed by atoms with Gasteiger partial charge in [0.2, 0.25) is 5.16 Å². The molecule has 0 aromatic carbocycles. The van der Waals surface area contributed by atoms with Gasteiger partial charge in [-0.05, 0) is 20.3 Å². The molecule has 1 aromatic rings. The maximum Gasteiger partial charge on any atom is 0.208 e. The maximum atomic E-state index is 8.97. The Hall–Kier alpha value is -0.550. The molecule has 4 nitrogen and oxygen atoms in total. The highest BCUT2D eigenvalue weighted by Gasteiger charge is 2.01. The molecular weight excluding hydrogens is 174 g/mol. The molecule has 0 spiro atoms. The number of nitrogens with zero attached hydrogens (tertiary/aromatic N) is 2. The fourth-order valence-corrected chi connectivity index (χ4v) is 1.66. The van der Waals surface area contributed by atoms with E-state index in [-0.39, 0.29) is 6.10 Å². The van der Waals surface area contributed by atoms with E-state index in [9.17, 15) is 0 Å². The molecule has 1 heterocycles. The van der Waals surface area contributed by atoms with Crippen LogP contribution >= 0.6 is 11.8 Å². The molecule has 0 aliphatic carbocycles. The number of aliphatic hydroxyl groups excluding tert-OH is 1. The first-order valence-corrected chi connectivity index (χ1v) is 4.87. The number of aromatic amines is 1. The van der Waals surface area contributed by atoms with E-state index in [0.29, 0.717) is 0 Å². The van der Waals surface area contributed by atoms with Gasteiger partial charge >= 0.3 is 0 Å². The van der Waals surface area contributed by atoms with Crippen molar-refractivity contribution in [3.05, 3.63) is 5.82 Å². The smallest absolute Gasteiger partial charge is 0.208 e. The monoisotopic (exact) mass is 187 g/mol. The van der Waals surface area contributed by atoms with Crippen molar-refractivity contribution in [1.82, 2.24) is 15.2 Å². The summed E-state index contributed by atoms with van der Waals surface area (Å²) in [4.78, 5) is 4.12. The molecule has 0 aliphatic rings. The van der Waals surface area contributed by atoms with E-state index in [4.69, 9.17) is 5.11 Å². The van der Waals surface area contributed by atoms with Crippen molar-refractivity contribution in [1.29, 1.82) is 0 Å². The average molecular weight is 187 g/mol. The van der Waals surface area contributed by atoms with Crippen LogP contribution in [0.25, 0.3) is 0 Å². The first kappa shape index (κ1) is 9.54. The number of thioether (sulfide) groups is 1. The lowest BCUT2D eigenvalue weighted by Crippen LogP contribution is -2.00. The summed E-state index contributed by atoms with van der Waals surface area (Å²) in [5, 5.41) is 16.5. The van der Waals surface area contributed by atoms with Crippen molar-refractivity contribution in [2.45, 2.75) is 31.5 Å². The summed E-state index contributed by atoms with van der Waals surface area (Å²) in [5.41, 5.74) is 0. The molecule has 1 rings (SSSR count). The highest BCUT2D eigenvalue weighted by Crippen LogP contribution is 2.13. The van der Waals surface area contributed by atoms with Crippen molar-refractivity contribution in [2.24, 2.45) is 0 Å². The van der Waals surface area contributed by atoms with Crippen molar-refractivity contribution >= 4 is 11.8 Å². The summed E-state index contributed by atoms with van der Waals surface area (Å²) < 4.78 is 0. The summed E-state index contributed by atoms with van der Waals surface area (Å²) in [6, 6.07) is 0. The minimum atomic E-state index is -0.238. The van der Waals surface area contributed by atoms with Gasteiger partial charge in [-0.25, -0.2) is 4.98 Å². The molecule has 0 aliphatic heterocycles. The van der Waals surface area contributed by atoms with Gasteiger partial charge in [-0.2, -0.15) is 0 Å². The van der Waals surface area contributed by atoms with Crippen LogP contribution in [0.3, 0.4) is 0 Å². The Kier molecular flexibility index (Phi) is 3.55. The van der Waals surface area contributed by atoms with Gasteiger partial charge in [0.25, 0.3) is 0 Å². The fourth-order valence-electron chi connectivity index (χ4n) is 0.708. The Morgan fingerprint density at radius 3 is 2.92 bits per heavy atom.